The smallest absolute Gasteiger partial charge is 0.206 e. The van der Waals surface area contributed by atoms with Crippen molar-refractivity contribution in [1.29, 1.82) is 0 Å². The summed E-state index contributed by atoms with van der Waals surface area (Å²) in [6.45, 7) is 0.636. The summed E-state index contributed by atoms with van der Waals surface area (Å²) in [7, 11) is 0. The van der Waals surface area contributed by atoms with Gasteiger partial charge in [0.25, 0.3) is 0 Å². The van der Waals surface area contributed by atoms with E-state index in [1.807, 2.05) is 30.3 Å². The van der Waals surface area contributed by atoms with Gasteiger partial charge < -0.3 is 11.1 Å². The fourth-order valence-electron chi connectivity index (χ4n) is 2.72. The lowest BCUT2D eigenvalue weighted by Crippen LogP contribution is -2.31. The standard InChI is InChI=1S/C18H17BrN6S/c19-15-4-2-1-3-11(15)8-14(20)10-21-18-25-24-17(26-18)12-5-6-16-13(7-12)9-22-23-16/h1-7,9,14H,8,10,20H2,(H,21,25)(H,22,23)/t14-/m0/s1. The summed E-state index contributed by atoms with van der Waals surface area (Å²) in [6.07, 6.45) is 2.59. The van der Waals surface area contributed by atoms with Crippen molar-refractivity contribution in [3.05, 3.63) is 58.7 Å². The molecule has 4 N–H and O–H groups in total. The van der Waals surface area contributed by atoms with Crippen LogP contribution in [0.3, 0.4) is 0 Å². The van der Waals surface area contributed by atoms with Crippen LogP contribution in [0.25, 0.3) is 21.5 Å². The molecule has 2 heterocycles. The van der Waals surface area contributed by atoms with Crippen LogP contribution in [0.2, 0.25) is 0 Å². The van der Waals surface area contributed by atoms with E-state index < -0.39 is 0 Å². The maximum atomic E-state index is 6.25. The molecule has 0 bridgehead atoms. The average molecular weight is 429 g/mol. The summed E-state index contributed by atoms with van der Waals surface area (Å²) >= 11 is 5.08. The number of hydrogen-bond acceptors (Lipinski definition) is 6. The van der Waals surface area contributed by atoms with Gasteiger partial charge in [0.05, 0.1) is 11.7 Å². The third-order valence-corrected chi connectivity index (χ3v) is 5.77. The molecule has 132 valence electrons. The molecule has 0 aliphatic carbocycles. The van der Waals surface area contributed by atoms with Crippen LogP contribution in [0.4, 0.5) is 5.13 Å². The van der Waals surface area contributed by atoms with Crippen LogP contribution in [0.15, 0.2) is 53.1 Å². The number of hydrogen-bond donors (Lipinski definition) is 3. The second-order valence-electron chi connectivity index (χ2n) is 6.02. The number of aromatic amines is 1. The number of fused-ring (bicyclic) bond motifs is 1. The van der Waals surface area contributed by atoms with Gasteiger partial charge in [-0.2, -0.15) is 5.10 Å². The zero-order valence-corrected chi connectivity index (χ0v) is 16.2. The fraction of sp³-hybridized carbons (Fsp3) is 0.167. The molecule has 4 aromatic rings. The molecule has 0 radical (unpaired) electrons. The zero-order valence-electron chi connectivity index (χ0n) is 13.8. The molecule has 1 atom stereocenters. The minimum absolute atomic E-state index is 0.0108. The first kappa shape index (κ1) is 17.1. The molecule has 4 rings (SSSR count). The SMILES string of the molecule is N[C@H](CNc1nnc(-c2ccc3[nH]ncc3c2)s1)Cc1ccccc1Br. The van der Waals surface area contributed by atoms with Gasteiger partial charge in [-0.1, -0.05) is 45.5 Å². The fourth-order valence-corrected chi connectivity index (χ4v) is 3.92. The summed E-state index contributed by atoms with van der Waals surface area (Å²) < 4.78 is 1.09. The van der Waals surface area contributed by atoms with E-state index in [-0.39, 0.29) is 6.04 Å². The Balaban J connectivity index is 1.39. The monoisotopic (exact) mass is 428 g/mol. The van der Waals surface area contributed by atoms with E-state index in [2.05, 4.69) is 53.8 Å². The molecule has 0 fully saturated rings. The second-order valence-corrected chi connectivity index (χ2v) is 7.85. The third kappa shape index (κ3) is 3.77. The summed E-state index contributed by atoms with van der Waals surface area (Å²) in [5.41, 5.74) is 9.49. The van der Waals surface area contributed by atoms with Crippen molar-refractivity contribution < 1.29 is 0 Å². The largest absolute Gasteiger partial charge is 0.359 e. The van der Waals surface area contributed by atoms with Crippen molar-refractivity contribution in [2.45, 2.75) is 12.5 Å². The van der Waals surface area contributed by atoms with Gasteiger partial charge in [0.15, 0.2) is 0 Å². The Hall–Kier alpha value is -2.29. The Kier molecular flexibility index (Phi) is 4.96. The molecule has 0 aliphatic heterocycles. The van der Waals surface area contributed by atoms with Crippen molar-refractivity contribution in [2.24, 2.45) is 5.73 Å². The van der Waals surface area contributed by atoms with Gasteiger partial charge in [0.1, 0.15) is 5.01 Å². The molecule has 0 amide bonds. The van der Waals surface area contributed by atoms with E-state index in [1.165, 1.54) is 16.9 Å². The van der Waals surface area contributed by atoms with Crippen molar-refractivity contribution >= 4 is 43.3 Å². The number of nitrogens with two attached hydrogens (primary N) is 1. The molecular formula is C18H17BrN6S. The molecule has 0 saturated heterocycles. The van der Waals surface area contributed by atoms with Crippen molar-refractivity contribution in [3.8, 4) is 10.6 Å². The minimum atomic E-state index is -0.0108. The predicted octanol–water partition coefficient (Wildman–Crippen LogP) is 3.83. The van der Waals surface area contributed by atoms with Crippen molar-refractivity contribution in [2.75, 3.05) is 11.9 Å². The van der Waals surface area contributed by atoms with Crippen LogP contribution < -0.4 is 11.1 Å². The summed E-state index contributed by atoms with van der Waals surface area (Å²) in [5, 5.41) is 21.5. The highest BCUT2D eigenvalue weighted by atomic mass is 79.9. The first-order valence-electron chi connectivity index (χ1n) is 8.19. The molecular weight excluding hydrogens is 412 g/mol. The number of anilines is 1. The number of aromatic nitrogens is 4. The van der Waals surface area contributed by atoms with Crippen LogP contribution in [-0.2, 0) is 6.42 Å². The Morgan fingerprint density at radius 2 is 2.08 bits per heavy atom. The molecule has 8 heteroatoms. The van der Waals surface area contributed by atoms with Crippen LogP contribution in [0.5, 0.6) is 0 Å². The summed E-state index contributed by atoms with van der Waals surface area (Å²) in [6, 6.07) is 14.2. The van der Waals surface area contributed by atoms with E-state index in [0.29, 0.717) is 6.54 Å². The number of halogens is 1. The maximum absolute atomic E-state index is 6.25. The highest BCUT2D eigenvalue weighted by Gasteiger charge is 2.10. The normalized spacial score (nSPS) is 12.4. The van der Waals surface area contributed by atoms with E-state index in [0.717, 1.165) is 37.5 Å². The van der Waals surface area contributed by atoms with Crippen LogP contribution in [0.1, 0.15) is 5.56 Å². The van der Waals surface area contributed by atoms with Gasteiger partial charge in [-0.15, -0.1) is 10.2 Å². The summed E-state index contributed by atoms with van der Waals surface area (Å²) in [4.78, 5) is 0. The van der Waals surface area contributed by atoms with E-state index in [9.17, 15) is 0 Å². The molecule has 2 aromatic carbocycles. The van der Waals surface area contributed by atoms with Gasteiger partial charge >= 0.3 is 0 Å². The molecule has 0 saturated carbocycles. The van der Waals surface area contributed by atoms with Gasteiger partial charge in [0.2, 0.25) is 5.13 Å². The number of benzene rings is 2. The Morgan fingerprint density at radius 3 is 2.96 bits per heavy atom. The van der Waals surface area contributed by atoms with E-state index in [4.69, 9.17) is 5.73 Å². The highest BCUT2D eigenvalue weighted by molar-refractivity contribution is 9.10. The molecule has 26 heavy (non-hydrogen) atoms. The molecule has 0 spiro atoms. The number of rotatable bonds is 6. The zero-order chi connectivity index (χ0) is 17.9. The Bertz CT molecular complexity index is 1030. The van der Waals surface area contributed by atoms with Crippen molar-refractivity contribution in [3.63, 3.8) is 0 Å². The molecule has 0 aliphatic rings. The van der Waals surface area contributed by atoms with Crippen LogP contribution in [-0.4, -0.2) is 33.0 Å². The lowest BCUT2D eigenvalue weighted by atomic mass is 10.1. The van der Waals surface area contributed by atoms with Crippen LogP contribution in [0, 0.1) is 0 Å². The van der Waals surface area contributed by atoms with Gasteiger partial charge in [-0.05, 0) is 36.2 Å². The van der Waals surface area contributed by atoms with E-state index >= 15 is 0 Å². The first-order chi connectivity index (χ1) is 12.7. The lowest BCUT2D eigenvalue weighted by molar-refractivity contribution is 0.696. The molecule has 6 nitrogen and oxygen atoms in total. The molecule has 2 aromatic heterocycles. The van der Waals surface area contributed by atoms with Gasteiger partial charge in [-0.3, -0.25) is 5.10 Å². The summed E-state index contributed by atoms with van der Waals surface area (Å²) in [5.74, 6) is 0. The highest BCUT2D eigenvalue weighted by Crippen LogP contribution is 2.28. The van der Waals surface area contributed by atoms with Crippen molar-refractivity contribution in [1.82, 2.24) is 20.4 Å². The predicted molar refractivity (Wildman–Crippen MR) is 109 cm³/mol. The minimum Gasteiger partial charge on any atom is -0.359 e. The van der Waals surface area contributed by atoms with Crippen LogP contribution >= 0.6 is 27.3 Å². The number of nitrogens with zero attached hydrogens (tertiary/aromatic N) is 3. The quantitative estimate of drug-likeness (QED) is 0.433. The number of H-pyrrole nitrogens is 1. The Morgan fingerprint density at radius 1 is 1.19 bits per heavy atom. The Labute approximate surface area is 163 Å². The van der Waals surface area contributed by atoms with Gasteiger partial charge in [0, 0.05) is 28.0 Å². The topological polar surface area (TPSA) is 92.5 Å². The average Bonchev–Trinajstić information content (AvgIpc) is 3.30. The van der Waals surface area contributed by atoms with E-state index in [1.54, 1.807) is 6.20 Å². The third-order valence-electron chi connectivity index (χ3n) is 4.07. The molecule has 0 unspecified atom stereocenters. The second kappa shape index (κ2) is 7.53. The lowest BCUT2D eigenvalue weighted by Gasteiger charge is -2.13. The van der Waals surface area contributed by atoms with Gasteiger partial charge in [-0.25, -0.2) is 0 Å². The first-order valence-corrected chi connectivity index (χ1v) is 9.80. The maximum Gasteiger partial charge on any atom is 0.206 e. The number of nitrogens with one attached hydrogen (secondary N) is 2.